The lowest BCUT2D eigenvalue weighted by atomic mass is 10.2. The minimum Gasteiger partial charge on any atom is -0.331 e. The van der Waals surface area contributed by atoms with Crippen LogP contribution in [0.1, 0.15) is 36.1 Å². The van der Waals surface area contributed by atoms with Crippen molar-refractivity contribution >= 4 is 21.9 Å². The number of nitrogens with zero attached hydrogens (tertiary/aromatic N) is 5. The van der Waals surface area contributed by atoms with Crippen LogP contribution in [-0.2, 0) is 0 Å². The molecule has 0 aromatic carbocycles. The van der Waals surface area contributed by atoms with Crippen LogP contribution in [-0.4, -0.2) is 26.5 Å². The van der Waals surface area contributed by atoms with Gasteiger partial charge in [-0.15, -0.1) is 0 Å². The second kappa shape index (κ2) is 5.44. The average Bonchev–Trinajstić information content (AvgIpc) is 2.87. The van der Waals surface area contributed by atoms with Crippen LogP contribution in [0.3, 0.4) is 0 Å². The van der Waals surface area contributed by atoms with Crippen LogP contribution >= 0.6 is 15.9 Å². The van der Waals surface area contributed by atoms with E-state index in [1.54, 1.807) is 12.4 Å². The Labute approximate surface area is 126 Å². The van der Waals surface area contributed by atoms with Gasteiger partial charge in [0.15, 0.2) is 5.82 Å². The fourth-order valence-electron chi connectivity index (χ4n) is 2.60. The molecule has 2 aromatic rings. The van der Waals surface area contributed by atoms with Gasteiger partial charge in [-0.25, -0.2) is 19.9 Å². The summed E-state index contributed by atoms with van der Waals surface area (Å²) in [7, 11) is 0. The summed E-state index contributed by atoms with van der Waals surface area (Å²) in [6, 6.07) is 2.16. The Morgan fingerprint density at radius 1 is 1.15 bits per heavy atom. The second-order valence-corrected chi connectivity index (χ2v) is 5.98. The first-order chi connectivity index (χ1) is 9.63. The third-order valence-electron chi connectivity index (χ3n) is 3.42. The molecule has 2 aromatic heterocycles. The van der Waals surface area contributed by atoms with Crippen LogP contribution < -0.4 is 4.90 Å². The lowest BCUT2D eigenvalue weighted by molar-refractivity contribution is 0.650. The molecule has 0 saturated carbocycles. The summed E-state index contributed by atoms with van der Waals surface area (Å²) in [6.07, 6.45) is 5.74. The zero-order valence-electron chi connectivity index (χ0n) is 11.5. The first-order valence-corrected chi connectivity index (χ1v) is 7.49. The van der Waals surface area contributed by atoms with Gasteiger partial charge in [-0.3, -0.25) is 0 Å². The minimum atomic E-state index is 0.171. The molecule has 5 nitrogen and oxygen atoms in total. The maximum absolute atomic E-state index is 4.56. The molecule has 1 fully saturated rings. The summed E-state index contributed by atoms with van der Waals surface area (Å²) in [5, 5.41) is 0. The summed E-state index contributed by atoms with van der Waals surface area (Å²) in [5.41, 5.74) is 1.99. The van der Waals surface area contributed by atoms with Crippen LogP contribution in [0.2, 0.25) is 0 Å². The molecule has 0 bridgehead atoms. The van der Waals surface area contributed by atoms with E-state index in [0.29, 0.717) is 0 Å². The molecule has 6 heteroatoms. The molecule has 1 atom stereocenters. The average molecular weight is 334 g/mol. The first kappa shape index (κ1) is 13.4. The maximum atomic E-state index is 4.56. The quantitative estimate of drug-likeness (QED) is 0.845. The Balaban J connectivity index is 1.94. The van der Waals surface area contributed by atoms with Gasteiger partial charge in [0, 0.05) is 30.3 Å². The monoisotopic (exact) mass is 333 g/mol. The Hall–Kier alpha value is -1.56. The minimum absolute atomic E-state index is 0.171. The summed E-state index contributed by atoms with van der Waals surface area (Å²) < 4.78 is 0.897. The zero-order chi connectivity index (χ0) is 14.1. The number of hydrogen-bond acceptors (Lipinski definition) is 5. The molecular formula is C14H16BrN5. The second-order valence-electron chi connectivity index (χ2n) is 5.06. The Kier molecular flexibility index (Phi) is 3.65. The maximum Gasteiger partial charge on any atom is 0.226 e. The Morgan fingerprint density at radius 3 is 2.45 bits per heavy atom. The molecule has 1 unspecified atom stereocenters. The van der Waals surface area contributed by atoms with Crippen LogP contribution in [0.15, 0.2) is 22.9 Å². The van der Waals surface area contributed by atoms with Gasteiger partial charge in [0.25, 0.3) is 0 Å². The fourth-order valence-corrected chi connectivity index (χ4v) is 2.81. The van der Waals surface area contributed by atoms with Crippen LogP contribution in [0.25, 0.3) is 0 Å². The van der Waals surface area contributed by atoms with E-state index in [4.69, 9.17) is 0 Å². The van der Waals surface area contributed by atoms with Crippen LogP contribution in [0.5, 0.6) is 0 Å². The molecule has 0 amide bonds. The van der Waals surface area contributed by atoms with E-state index in [0.717, 1.165) is 47.0 Å². The summed E-state index contributed by atoms with van der Waals surface area (Å²) in [4.78, 5) is 20.2. The topological polar surface area (TPSA) is 54.8 Å². The fraction of sp³-hybridized carbons (Fsp3) is 0.429. The number of rotatable bonds is 2. The summed E-state index contributed by atoms with van der Waals surface area (Å²) in [6.45, 7) is 4.95. The highest BCUT2D eigenvalue weighted by Crippen LogP contribution is 2.32. The van der Waals surface area contributed by atoms with E-state index in [1.807, 2.05) is 19.9 Å². The van der Waals surface area contributed by atoms with Crippen molar-refractivity contribution in [1.29, 1.82) is 0 Å². The molecule has 1 saturated heterocycles. The van der Waals surface area contributed by atoms with E-state index in [-0.39, 0.29) is 6.04 Å². The van der Waals surface area contributed by atoms with E-state index in [2.05, 4.69) is 40.8 Å². The number of halogens is 1. The highest BCUT2D eigenvalue weighted by Gasteiger charge is 2.30. The predicted molar refractivity (Wildman–Crippen MR) is 80.6 cm³/mol. The van der Waals surface area contributed by atoms with Crippen molar-refractivity contribution < 1.29 is 0 Å². The summed E-state index contributed by atoms with van der Waals surface area (Å²) >= 11 is 3.37. The van der Waals surface area contributed by atoms with Crippen molar-refractivity contribution in [1.82, 2.24) is 19.9 Å². The molecule has 0 spiro atoms. The Bertz CT molecular complexity index is 593. The van der Waals surface area contributed by atoms with E-state index >= 15 is 0 Å². The molecule has 0 aliphatic carbocycles. The normalized spacial score (nSPS) is 18.6. The molecule has 3 rings (SSSR count). The molecule has 0 N–H and O–H groups in total. The smallest absolute Gasteiger partial charge is 0.226 e. The molecule has 1 aliphatic heterocycles. The van der Waals surface area contributed by atoms with Crippen LogP contribution in [0, 0.1) is 13.8 Å². The zero-order valence-corrected chi connectivity index (χ0v) is 13.1. The van der Waals surface area contributed by atoms with Gasteiger partial charge < -0.3 is 4.90 Å². The molecule has 104 valence electrons. The molecule has 3 heterocycles. The lowest BCUT2D eigenvalue weighted by Gasteiger charge is -2.23. The van der Waals surface area contributed by atoms with Crippen molar-refractivity contribution in [3.05, 3.63) is 40.1 Å². The molecular weight excluding hydrogens is 318 g/mol. The van der Waals surface area contributed by atoms with Crippen molar-refractivity contribution in [2.24, 2.45) is 0 Å². The Morgan fingerprint density at radius 2 is 1.80 bits per heavy atom. The highest BCUT2D eigenvalue weighted by atomic mass is 79.9. The predicted octanol–water partition coefficient (Wildman–Crippen LogP) is 2.99. The van der Waals surface area contributed by atoms with E-state index in [1.165, 1.54) is 0 Å². The first-order valence-electron chi connectivity index (χ1n) is 6.70. The number of aryl methyl sites for hydroxylation is 2. The third kappa shape index (κ3) is 2.65. The van der Waals surface area contributed by atoms with E-state index in [9.17, 15) is 0 Å². The van der Waals surface area contributed by atoms with Crippen LogP contribution in [0.4, 0.5) is 5.95 Å². The van der Waals surface area contributed by atoms with Gasteiger partial charge in [0.2, 0.25) is 5.95 Å². The van der Waals surface area contributed by atoms with Crippen molar-refractivity contribution in [3.8, 4) is 0 Å². The lowest BCUT2D eigenvalue weighted by Crippen LogP contribution is -2.26. The summed E-state index contributed by atoms with van der Waals surface area (Å²) in [5.74, 6) is 1.63. The van der Waals surface area contributed by atoms with Gasteiger partial charge in [-0.2, -0.15) is 0 Å². The SMILES string of the molecule is Cc1cc(C)nc(N2CCCC2c2ncc(Br)cn2)n1. The number of anilines is 1. The van der Waals surface area contributed by atoms with Gasteiger partial charge >= 0.3 is 0 Å². The van der Waals surface area contributed by atoms with Gasteiger partial charge in [0.05, 0.1) is 10.5 Å². The van der Waals surface area contributed by atoms with Crippen molar-refractivity contribution in [2.45, 2.75) is 32.7 Å². The van der Waals surface area contributed by atoms with E-state index < -0.39 is 0 Å². The number of hydrogen-bond donors (Lipinski definition) is 0. The van der Waals surface area contributed by atoms with Crippen molar-refractivity contribution in [2.75, 3.05) is 11.4 Å². The van der Waals surface area contributed by atoms with Crippen molar-refractivity contribution in [3.63, 3.8) is 0 Å². The molecule has 0 radical (unpaired) electrons. The molecule has 1 aliphatic rings. The van der Waals surface area contributed by atoms with Gasteiger partial charge in [-0.05, 0) is 48.7 Å². The third-order valence-corrected chi connectivity index (χ3v) is 3.83. The van der Waals surface area contributed by atoms with Gasteiger partial charge in [0.1, 0.15) is 0 Å². The standard InChI is InChI=1S/C14H16BrN5/c1-9-6-10(2)19-14(18-9)20-5-3-4-12(20)13-16-7-11(15)8-17-13/h6-8,12H,3-5H2,1-2H3. The highest BCUT2D eigenvalue weighted by molar-refractivity contribution is 9.10. The largest absolute Gasteiger partial charge is 0.331 e. The molecule has 20 heavy (non-hydrogen) atoms. The number of aromatic nitrogens is 4. The van der Waals surface area contributed by atoms with Gasteiger partial charge in [-0.1, -0.05) is 0 Å².